The van der Waals surface area contributed by atoms with Crippen LogP contribution in [-0.2, 0) is 4.74 Å². The topological polar surface area (TPSA) is 12.5 Å². The predicted octanol–water partition coefficient (Wildman–Crippen LogP) is 3.25. The summed E-state index contributed by atoms with van der Waals surface area (Å²) in [5.74, 6) is 2.54. The third kappa shape index (κ3) is 5.50. The molecule has 0 radical (unpaired) electrons. The standard InChI is InChI=1S/C13H26BrNOS/c1-3-15(4-2)7-10-17-12-13(11-14)5-8-16-9-6-13/h3-12H2,1-2H3. The van der Waals surface area contributed by atoms with Gasteiger partial charge in [0.1, 0.15) is 0 Å². The molecule has 0 aromatic carbocycles. The highest BCUT2D eigenvalue weighted by atomic mass is 79.9. The van der Waals surface area contributed by atoms with Crippen molar-refractivity contribution in [1.82, 2.24) is 4.90 Å². The maximum absolute atomic E-state index is 5.47. The molecule has 0 atom stereocenters. The van der Waals surface area contributed by atoms with Crippen molar-refractivity contribution >= 4 is 27.7 Å². The second-order valence-corrected chi connectivity index (χ2v) is 6.49. The number of thioether (sulfide) groups is 1. The van der Waals surface area contributed by atoms with Gasteiger partial charge in [-0.05, 0) is 37.1 Å². The van der Waals surface area contributed by atoms with Crippen LogP contribution in [0.4, 0.5) is 0 Å². The van der Waals surface area contributed by atoms with E-state index in [1.807, 2.05) is 0 Å². The quantitative estimate of drug-likeness (QED) is 0.502. The van der Waals surface area contributed by atoms with Gasteiger partial charge in [0.25, 0.3) is 0 Å². The van der Waals surface area contributed by atoms with E-state index in [9.17, 15) is 0 Å². The van der Waals surface area contributed by atoms with Crippen LogP contribution >= 0.6 is 27.7 Å². The number of rotatable bonds is 8. The summed E-state index contributed by atoms with van der Waals surface area (Å²) in [6.07, 6.45) is 2.44. The zero-order chi connectivity index (χ0) is 12.6. The monoisotopic (exact) mass is 323 g/mol. The molecule has 0 unspecified atom stereocenters. The molecule has 0 saturated carbocycles. The van der Waals surface area contributed by atoms with Crippen molar-refractivity contribution in [2.24, 2.45) is 5.41 Å². The van der Waals surface area contributed by atoms with E-state index in [1.165, 1.54) is 44.0 Å². The molecule has 1 fully saturated rings. The second kappa shape index (κ2) is 8.78. The van der Waals surface area contributed by atoms with Crippen molar-refractivity contribution in [2.75, 3.05) is 49.7 Å². The third-order valence-corrected chi connectivity index (χ3v) is 6.17. The molecule has 4 heteroatoms. The van der Waals surface area contributed by atoms with E-state index < -0.39 is 0 Å². The second-order valence-electron chi connectivity index (χ2n) is 4.83. The molecule has 0 aliphatic carbocycles. The Morgan fingerprint density at radius 1 is 1.24 bits per heavy atom. The zero-order valence-electron chi connectivity index (χ0n) is 11.2. The van der Waals surface area contributed by atoms with Crippen LogP contribution in [0.1, 0.15) is 26.7 Å². The molecule has 1 heterocycles. The van der Waals surface area contributed by atoms with Crippen LogP contribution in [0.25, 0.3) is 0 Å². The highest BCUT2D eigenvalue weighted by Crippen LogP contribution is 2.35. The Balaban J connectivity index is 2.19. The summed E-state index contributed by atoms with van der Waals surface area (Å²) < 4.78 is 5.47. The van der Waals surface area contributed by atoms with Gasteiger partial charge in [-0.1, -0.05) is 29.8 Å². The maximum Gasteiger partial charge on any atom is 0.0471 e. The van der Waals surface area contributed by atoms with Crippen molar-refractivity contribution in [3.05, 3.63) is 0 Å². The van der Waals surface area contributed by atoms with Gasteiger partial charge >= 0.3 is 0 Å². The predicted molar refractivity (Wildman–Crippen MR) is 81.4 cm³/mol. The first kappa shape index (κ1) is 15.8. The van der Waals surface area contributed by atoms with Gasteiger partial charge in [-0.3, -0.25) is 0 Å². The van der Waals surface area contributed by atoms with E-state index in [0.717, 1.165) is 18.5 Å². The van der Waals surface area contributed by atoms with Gasteiger partial charge in [0.15, 0.2) is 0 Å². The molecular weight excluding hydrogens is 298 g/mol. The van der Waals surface area contributed by atoms with E-state index in [1.54, 1.807) is 0 Å². The van der Waals surface area contributed by atoms with E-state index in [4.69, 9.17) is 4.74 Å². The van der Waals surface area contributed by atoms with Crippen LogP contribution in [0.5, 0.6) is 0 Å². The average Bonchev–Trinajstić information content (AvgIpc) is 2.40. The summed E-state index contributed by atoms with van der Waals surface area (Å²) in [5, 5.41) is 1.13. The molecule has 1 rings (SSSR count). The van der Waals surface area contributed by atoms with Crippen LogP contribution in [-0.4, -0.2) is 54.6 Å². The van der Waals surface area contributed by atoms with Crippen LogP contribution in [0.3, 0.4) is 0 Å². The van der Waals surface area contributed by atoms with Crippen molar-refractivity contribution in [3.8, 4) is 0 Å². The van der Waals surface area contributed by atoms with Crippen LogP contribution < -0.4 is 0 Å². The molecule has 0 amide bonds. The van der Waals surface area contributed by atoms with Gasteiger partial charge in [0.2, 0.25) is 0 Å². The molecule has 1 aliphatic heterocycles. The lowest BCUT2D eigenvalue weighted by Gasteiger charge is -2.35. The smallest absolute Gasteiger partial charge is 0.0471 e. The first-order valence-electron chi connectivity index (χ1n) is 6.70. The molecule has 1 aliphatic rings. The molecule has 102 valence electrons. The van der Waals surface area contributed by atoms with Gasteiger partial charge in [-0.2, -0.15) is 11.8 Å². The van der Waals surface area contributed by atoms with Crippen molar-refractivity contribution < 1.29 is 4.74 Å². The fourth-order valence-corrected chi connectivity index (χ4v) is 4.52. The Kier molecular flexibility index (Phi) is 8.17. The average molecular weight is 324 g/mol. The number of nitrogens with zero attached hydrogens (tertiary/aromatic N) is 1. The van der Waals surface area contributed by atoms with E-state index in [2.05, 4.69) is 46.4 Å². The van der Waals surface area contributed by atoms with Crippen molar-refractivity contribution in [1.29, 1.82) is 0 Å². The summed E-state index contributed by atoms with van der Waals surface area (Å²) in [7, 11) is 0. The normalized spacial score (nSPS) is 19.8. The molecular formula is C13H26BrNOS. The Morgan fingerprint density at radius 3 is 2.41 bits per heavy atom. The molecule has 0 spiro atoms. The summed E-state index contributed by atoms with van der Waals surface area (Å²) in [6.45, 7) is 9.96. The van der Waals surface area contributed by atoms with Crippen LogP contribution in [0, 0.1) is 5.41 Å². The lowest BCUT2D eigenvalue weighted by molar-refractivity contribution is 0.0374. The minimum absolute atomic E-state index is 0.492. The number of hydrogen-bond acceptors (Lipinski definition) is 3. The molecule has 0 N–H and O–H groups in total. The highest BCUT2D eigenvalue weighted by Gasteiger charge is 2.31. The Labute approximate surface area is 119 Å². The van der Waals surface area contributed by atoms with Crippen LogP contribution in [0.15, 0.2) is 0 Å². The Bertz CT molecular complexity index is 194. The zero-order valence-corrected chi connectivity index (χ0v) is 13.6. The fraction of sp³-hybridized carbons (Fsp3) is 1.00. The van der Waals surface area contributed by atoms with Gasteiger partial charge < -0.3 is 9.64 Å². The Morgan fingerprint density at radius 2 is 1.88 bits per heavy atom. The number of halogens is 1. The lowest BCUT2D eigenvalue weighted by Crippen LogP contribution is -2.34. The number of hydrogen-bond donors (Lipinski definition) is 0. The van der Waals surface area contributed by atoms with Crippen molar-refractivity contribution in [2.45, 2.75) is 26.7 Å². The number of alkyl halides is 1. The largest absolute Gasteiger partial charge is 0.381 e. The summed E-state index contributed by atoms with van der Waals surface area (Å²) >= 11 is 5.81. The molecule has 17 heavy (non-hydrogen) atoms. The maximum atomic E-state index is 5.47. The molecule has 2 nitrogen and oxygen atoms in total. The van der Waals surface area contributed by atoms with Crippen molar-refractivity contribution in [3.63, 3.8) is 0 Å². The Hall–Kier alpha value is 0.750. The van der Waals surface area contributed by atoms with Crippen LogP contribution in [0.2, 0.25) is 0 Å². The van der Waals surface area contributed by atoms with Gasteiger partial charge in [0.05, 0.1) is 0 Å². The van der Waals surface area contributed by atoms with E-state index in [0.29, 0.717) is 5.41 Å². The molecule has 0 aromatic heterocycles. The lowest BCUT2D eigenvalue weighted by atomic mass is 9.85. The number of ether oxygens (including phenoxy) is 1. The summed E-state index contributed by atoms with van der Waals surface area (Å²) in [5.41, 5.74) is 0.492. The fourth-order valence-electron chi connectivity index (χ4n) is 2.14. The SMILES string of the molecule is CCN(CC)CCSCC1(CBr)CCOCC1. The summed E-state index contributed by atoms with van der Waals surface area (Å²) in [6, 6.07) is 0. The third-order valence-electron chi connectivity index (χ3n) is 3.69. The first-order valence-corrected chi connectivity index (χ1v) is 8.98. The van der Waals surface area contributed by atoms with E-state index >= 15 is 0 Å². The van der Waals surface area contributed by atoms with Gasteiger partial charge in [-0.25, -0.2) is 0 Å². The highest BCUT2D eigenvalue weighted by molar-refractivity contribution is 9.09. The minimum Gasteiger partial charge on any atom is -0.381 e. The minimum atomic E-state index is 0.492. The first-order chi connectivity index (χ1) is 8.26. The van der Waals surface area contributed by atoms with Gasteiger partial charge in [-0.15, -0.1) is 0 Å². The van der Waals surface area contributed by atoms with E-state index in [-0.39, 0.29) is 0 Å². The van der Waals surface area contributed by atoms with Gasteiger partial charge in [0, 0.05) is 30.8 Å². The molecule has 1 saturated heterocycles. The summed E-state index contributed by atoms with van der Waals surface area (Å²) in [4.78, 5) is 2.50. The molecule has 0 bridgehead atoms. The molecule has 0 aromatic rings.